The molecule has 1 nitrogen and oxygen atoms in total. The molecule has 2 rings (SSSR count). The van der Waals surface area contributed by atoms with Crippen LogP contribution in [-0.2, 0) is 4.43 Å². The molecular weight excluding hydrogens is 260 g/mol. The molecular formula is C18H34OSi. The molecule has 2 atom stereocenters. The molecule has 0 aliphatic heterocycles. The van der Waals surface area contributed by atoms with E-state index in [-0.39, 0.29) is 5.60 Å². The van der Waals surface area contributed by atoms with Crippen molar-refractivity contribution in [3.63, 3.8) is 0 Å². The third kappa shape index (κ3) is 3.39. The molecule has 1 fully saturated rings. The summed E-state index contributed by atoms with van der Waals surface area (Å²) >= 11 is 0. The van der Waals surface area contributed by atoms with Crippen molar-refractivity contribution in [2.75, 3.05) is 0 Å². The summed E-state index contributed by atoms with van der Waals surface area (Å²) in [4.78, 5) is 0. The van der Waals surface area contributed by atoms with E-state index in [9.17, 15) is 0 Å². The first-order valence-corrected chi connectivity index (χ1v) is 11.6. The Bertz CT molecular complexity index is 313. The maximum atomic E-state index is 7.14. The van der Waals surface area contributed by atoms with Crippen molar-refractivity contribution < 1.29 is 4.43 Å². The predicted molar refractivity (Wildman–Crippen MR) is 90.6 cm³/mol. The summed E-state index contributed by atoms with van der Waals surface area (Å²) in [6.45, 7) is 7.10. The zero-order valence-electron chi connectivity index (χ0n) is 13.9. The molecule has 0 aromatic heterocycles. The third-order valence-corrected chi connectivity index (χ3v) is 10.8. The van der Waals surface area contributed by atoms with Gasteiger partial charge in [0.1, 0.15) is 0 Å². The van der Waals surface area contributed by atoms with Gasteiger partial charge in [-0.1, -0.05) is 45.8 Å². The van der Waals surface area contributed by atoms with Crippen molar-refractivity contribution in [3.05, 3.63) is 12.2 Å². The van der Waals surface area contributed by atoms with Crippen molar-refractivity contribution in [1.29, 1.82) is 0 Å². The second-order valence-electron chi connectivity index (χ2n) is 6.96. The van der Waals surface area contributed by atoms with Crippen LogP contribution in [0, 0.1) is 5.92 Å². The first kappa shape index (κ1) is 16.3. The molecule has 0 aromatic carbocycles. The van der Waals surface area contributed by atoms with Crippen LogP contribution in [0.4, 0.5) is 0 Å². The largest absolute Gasteiger partial charge is 0.411 e. The summed E-state index contributed by atoms with van der Waals surface area (Å²) in [7, 11) is -1.49. The maximum absolute atomic E-state index is 7.14. The van der Waals surface area contributed by atoms with Crippen LogP contribution in [0.2, 0.25) is 18.1 Å². The van der Waals surface area contributed by atoms with Crippen LogP contribution in [-0.4, -0.2) is 13.9 Å². The Morgan fingerprint density at radius 1 is 1.00 bits per heavy atom. The van der Waals surface area contributed by atoms with Crippen LogP contribution in [0.1, 0.15) is 72.1 Å². The average molecular weight is 295 g/mol. The first-order chi connectivity index (χ1) is 9.70. The minimum absolute atomic E-state index is 0.212. The summed E-state index contributed by atoms with van der Waals surface area (Å²) < 4.78 is 7.14. The fraction of sp³-hybridized carbons (Fsp3) is 0.889. The molecule has 20 heavy (non-hydrogen) atoms. The Labute approximate surface area is 127 Å². The molecule has 0 heterocycles. The quantitative estimate of drug-likeness (QED) is 0.442. The molecule has 2 aliphatic rings. The van der Waals surface area contributed by atoms with Gasteiger partial charge >= 0.3 is 0 Å². The van der Waals surface area contributed by atoms with E-state index in [2.05, 4.69) is 32.9 Å². The molecule has 0 amide bonds. The Morgan fingerprint density at radius 3 is 2.40 bits per heavy atom. The molecule has 0 saturated heterocycles. The van der Waals surface area contributed by atoms with E-state index in [1.54, 1.807) is 0 Å². The van der Waals surface area contributed by atoms with E-state index in [0.29, 0.717) is 0 Å². The van der Waals surface area contributed by atoms with Gasteiger partial charge in [-0.2, -0.15) is 0 Å². The van der Waals surface area contributed by atoms with Gasteiger partial charge < -0.3 is 4.43 Å². The Morgan fingerprint density at radius 2 is 1.70 bits per heavy atom. The number of allylic oxidation sites excluding steroid dienone is 1. The molecule has 0 bridgehead atoms. The second-order valence-corrected chi connectivity index (χ2v) is 11.7. The smallest absolute Gasteiger partial charge is 0.192 e. The monoisotopic (exact) mass is 294 g/mol. The number of hydrogen-bond acceptors (Lipinski definition) is 1. The summed E-state index contributed by atoms with van der Waals surface area (Å²) in [6.07, 6.45) is 15.6. The highest BCUT2D eigenvalue weighted by Crippen LogP contribution is 2.46. The third-order valence-electron chi connectivity index (χ3n) is 6.05. The second kappa shape index (κ2) is 7.26. The van der Waals surface area contributed by atoms with Crippen molar-refractivity contribution in [1.82, 2.24) is 0 Å². The molecule has 2 aliphatic carbocycles. The SMILES string of the molecule is CC[Si](CC)(CC)O[C@]12C/C=C\CCC[C@H]1CCCC2. The lowest BCUT2D eigenvalue weighted by Gasteiger charge is -2.50. The molecule has 1 saturated carbocycles. The zero-order chi connectivity index (χ0) is 14.5. The highest BCUT2D eigenvalue weighted by atomic mass is 28.4. The fourth-order valence-electron chi connectivity index (χ4n) is 4.41. The van der Waals surface area contributed by atoms with E-state index in [0.717, 1.165) is 5.92 Å². The topological polar surface area (TPSA) is 9.23 Å². The van der Waals surface area contributed by atoms with Gasteiger partial charge in [0.2, 0.25) is 0 Å². The van der Waals surface area contributed by atoms with Gasteiger partial charge in [0.15, 0.2) is 8.32 Å². The average Bonchev–Trinajstić information content (AvgIpc) is 2.47. The van der Waals surface area contributed by atoms with E-state index >= 15 is 0 Å². The van der Waals surface area contributed by atoms with Crippen molar-refractivity contribution >= 4 is 8.32 Å². The maximum Gasteiger partial charge on any atom is 0.192 e. The minimum Gasteiger partial charge on any atom is -0.411 e. The molecule has 0 N–H and O–H groups in total. The van der Waals surface area contributed by atoms with Crippen LogP contribution in [0.3, 0.4) is 0 Å². The van der Waals surface area contributed by atoms with E-state index in [1.165, 1.54) is 69.5 Å². The fourth-order valence-corrected chi connectivity index (χ4v) is 7.56. The Balaban J connectivity index is 2.24. The highest BCUT2D eigenvalue weighted by molar-refractivity contribution is 6.73. The number of fused-ring (bicyclic) bond motifs is 1. The normalized spacial score (nSPS) is 33.0. The Kier molecular flexibility index (Phi) is 5.92. The highest BCUT2D eigenvalue weighted by Gasteiger charge is 2.46. The van der Waals surface area contributed by atoms with Gasteiger partial charge in [-0.25, -0.2) is 0 Å². The van der Waals surface area contributed by atoms with Crippen LogP contribution >= 0.6 is 0 Å². The molecule has 0 aromatic rings. The molecule has 0 radical (unpaired) electrons. The summed E-state index contributed by atoms with van der Waals surface area (Å²) in [5.41, 5.74) is 0.212. The van der Waals surface area contributed by atoms with Crippen molar-refractivity contribution in [3.8, 4) is 0 Å². The molecule has 0 spiro atoms. The van der Waals surface area contributed by atoms with E-state index in [1.807, 2.05) is 0 Å². The predicted octanol–water partition coefficient (Wildman–Crippen LogP) is 6.07. The summed E-state index contributed by atoms with van der Waals surface area (Å²) in [5.74, 6) is 0.831. The van der Waals surface area contributed by atoms with Crippen molar-refractivity contribution in [2.24, 2.45) is 5.92 Å². The zero-order valence-corrected chi connectivity index (χ0v) is 14.9. The van der Waals surface area contributed by atoms with Gasteiger partial charge in [-0.3, -0.25) is 0 Å². The van der Waals surface area contributed by atoms with Gasteiger partial charge in [0, 0.05) is 0 Å². The van der Waals surface area contributed by atoms with Crippen molar-refractivity contribution in [2.45, 2.75) is 95.9 Å². The number of hydrogen-bond donors (Lipinski definition) is 0. The van der Waals surface area contributed by atoms with Crippen LogP contribution in [0.5, 0.6) is 0 Å². The lowest BCUT2D eigenvalue weighted by molar-refractivity contribution is -0.0366. The Hall–Kier alpha value is -0.0831. The van der Waals surface area contributed by atoms with Gasteiger partial charge in [0.05, 0.1) is 5.60 Å². The van der Waals surface area contributed by atoms with Gasteiger partial charge in [-0.05, 0) is 62.6 Å². The lowest BCUT2D eigenvalue weighted by Crippen LogP contribution is -2.52. The summed E-state index contributed by atoms with van der Waals surface area (Å²) in [6, 6.07) is 3.87. The molecule has 0 unspecified atom stereocenters. The van der Waals surface area contributed by atoms with E-state index in [4.69, 9.17) is 4.43 Å². The standard InChI is InChI=1S/C18H34OSi/c1-4-20(5-2,6-3)19-18-15-11-8-7-9-13-17(18)14-10-12-16-18/h8,11,17H,4-7,9-10,12-16H2,1-3H3/b11-8-/t17-,18-/m0/s1. The molecule has 2 heteroatoms. The van der Waals surface area contributed by atoms with Crippen LogP contribution < -0.4 is 0 Å². The van der Waals surface area contributed by atoms with Crippen LogP contribution in [0.25, 0.3) is 0 Å². The first-order valence-electron chi connectivity index (χ1n) is 9.05. The van der Waals surface area contributed by atoms with Crippen LogP contribution in [0.15, 0.2) is 12.2 Å². The summed E-state index contributed by atoms with van der Waals surface area (Å²) in [5, 5.41) is 0. The minimum atomic E-state index is -1.49. The molecule has 116 valence electrons. The van der Waals surface area contributed by atoms with E-state index < -0.39 is 8.32 Å². The van der Waals surface area contributed by atoms with Gasteiger partial charge in [-0.15, -0.1) is 0 Å². The van der Waals surface area contributed by atoms with Gasteiger partial charge in [0.25, 0.3) is 0 Å². The lowest BCUT2D eigenvalue weighted by atomic mass is 9.70. The number of rotatable bonds is 5.